The number of aromatic nitrogens is 1. The van der Waals surface area contributed by atoms with E-state index in [1.54, 1.807) is 17.5 Å². The van der Waals surface area contributed by atoms with Gasteiger partial charge in [-0.05, 0) is 48.9 Å². The van der Waals surface area contributed by atoms with Crippen molar-refractivity contribution in [1.29, 1.82) is 0 Å². The van der Waals surface area contributed by atoms with E-state index >= 15 is 0 Å². The smallest absolute Gasteiger partial charge is 0.252 e. The fourth-order valence-electron chi connectivity index (χ4n) is 4.68. The molecule has 2 saturated heterocycles. The molecule has 2 fully saturated rings. The first-order chi connectivity index (χ1) is 17.4. The normalized spacial score (nSPS) is 18.6. The second kappa shape index (κ2) is 11.4. The molecule has 0 spiro atoms. The predicted octanol–water partition coefficient (Wildman–Crippen LogP) is 4.17. The van der Waals surface area contributed by atoms with Crippen LogP contribution in [-0.4, -0.2) is 81.0 Å². The van der Waals surface area contributed by atoms with Gasteiger partial charge in [-0.3, -0.25) is 14.6 Å². The Morgan fingerprint density at radius 3 is 2.67 bits per heavy atom. The number of halogens is 1. The van der Waals surface area contributed by atoms with Crippen LogP contribution in [0.4, 0.5) is 5.13 Å². The van der Waals surface area contributed by atoms with Crippen molar-refractivity contribution in [3.63, 3.8) is 0 Å². The topological polar surface area (TPSA) is 83.1 Å². The summed E-state index contributed by atoms with van der Waals surface area (Å²) in [6.45, 7) is 5.44. The minimum Gasteiger partial charge on any atom is -0.379 e. The number of anilines is 1. The fourth-order valence-corrected chi connectivity index (χ4v) is 8.57. The van der Waals surface area contributed by atoms with E-state index in [9.17, 15) is 13.2 Å². The molecule has 12 heteroatoms. The maximum atomic E-state index is 13.8. The second-order valence-electron chi connectivity index (χ2n) is 9.02. The first-order valence-electron chi connectivity index (χ1n) is 12.1. The molecule has 5 rings (SSSR count). The molecule has 194 valence electrons. The van der Waals surface area contributed by atoms with E-state index < -0.39 is 10.0 Å². The molecule has 2 aromatic heterocycles. The minimum absolute atomic E-state index is 0.0234. The maximum Gasteiger partial charge on any atom is 0.252 e. The molecule has 0 aliphatic carbocycles. The van der Waals surface area contributed by atoms with Crippen LogP contribution in [0.15, 0.2) is 39.9 Å². The van der Waals surface area contributed by atoms with Crippen molar-refractivity contribution in [2.24, 2.45) is 5.92 Å². The number of hydrogen-bond acceptors (Lipinski definition) is 8. The van der Waals surface area contributed by atoms with Gasteiger partial charge in [-0.1, -0.05) is 29.0 Å². The van der Waals surface area contributed by atoms with Gasteiger partial charge in [0.2, 0.25) is 5.91 Å². The highest BCUT2D eigenvalue weighted by Crippen LogP contribution is 2.33. The summed E-state index contributed by atoms with van der Waals surface area (Å²) in [4.78, 5) is 22.7. The molecular formula is C24H29ClN4O4S3. The summed E-state index contributed by atoms with van der Waals surface area (Å²) in [6.07, 6.45) is 1.83. The Morgan fingerprint density at radius 2 is 1.94 bits per heavy atom. The highest BCUT2D eigenvalue weighted by atomic mass is 35.5. The van der Waals surface area contributed by atoms with Crippen LogP contribution < -0.4 is 4.90 Å². The number of nitrogens with zero attached hydrogens (tertiary/aromatic N) is 4. The van der Waals surface area contributed by atoms with Crippen molar-refractivity contribution in [2.75, 3.05) is 57.4 Å². The number of thiophene rings is 1. The van der Waals surface area contributed by atoms with Gasteiger partial charge in [-0.15, -0.1) is 11.3 Å². The zero-order valence-electron chi connectivity index (χ0n) is 19.8. The van der Waals surface area contributed by atoms with Crippen LogP contribution in [0.25, 0.3) is 10.2 Å². The number of amides is 1. The molecule has 4 heterocycles. The summed E-state index contributed by atoms with van der Waals surface area (Å²) in [7, 11) is -3.50. The summed E-state index contributed by atoms with van der Waals surface area (Å²) >= 11 is 8.87. The van der Waals surface area contributed by atoms with Crippen LogP contribution >= 0.6 is 34.3 Å². The average Bonchev–Trinajstić information content (AvgIpc) is 3.58. The van der Waals surface area contributed by atoms with Crippen LogP contribution in [0.1, 0.15) is 19.3 Å². The summed E-state index contributed by atoms with van der Waals surface area (Å²) in [5.74, 6) is -0.214. The van der Waals surface area contributed by atoms with Gasteiger partial charge in [0.05, 0.1) is 23.4 Å². The zero-order chi connectivity index (χ0) is 25.1. The van der Waals surface area contributed by atoms with E-state index in [2.05, 4.69) is 4.90 Å². The van der Waals surface area contributed by atoms with Crippen molar-refractivity contribution in [1.82, 2.24) is 14.2 Å². The van der Waals surface area contributed by atoms with Gasteiger partial charge < -0.3 is 4.74 Å². The third-order valence-corrected chi connectivity index (χ3v) is 11.2. The minimum atomic E-state index is -3.50. The van der Waals surface area contributed by atoms with Gasteiger partial charge in [0.1, 0.15) is 4.21 Å². The molecule has 36 heavy (non-hydrogen) atoms. The monoisotopic (exact) mass is 568 g/mol. The fraction of sp³-hybridized carbons (Fsp3) is 0.500. The molecule has 0 bridgehead atoms. The summed E-state index contributed by atoms with van der Waals surface area (Å²) < 4.78 is 34.1. The Morgan fingerprint density at radius 1 is 1.17 bits per heavy atom. The number of carbonyl (C=O) groups excluding carboxylic acids is 1. The Kier molecular flexibility index (Phi) is 8.26. The van der Waals surface area contributed by atoms with Crippen LogP contribution in [0.3, 0.4) is 0 Å². The van der Waals surface area contributed by atoms with E-state index in [0.29, 0.717) is 46.8 Å². The van der Waals surface area contributed by atoms with E-state index in [1.165, 1.54) is 27.0 Å². The Hall–Kier alpha value is -1.60. The number of morpholine rings is 1. The molecule has 2 aliphatic rings. The Labute approximate surface area is 224 Å². The van der Waals surface area contributed by atoms with E-state index in [-0.39, 0.29) is 11.8 Å². The van der Waals surface area contributed by atoms with Crippen molar-refractivity contribution < 1.29 is 17.9 Å². The molecule has 0 atom stereocenters. The van der Waals surface area contributed by atoms with E-state index in [0.717, 1.165) is 49.5 Å². The van der Waals surface area contributed by atoms with Gasteiger partial charge in [0.15, 0.2) is 5.13 Å². The third-order valence-electron chi connectivity index (χ3n) is 6.69. The third kappa shape index (κ3) is 5.77. The zero-order valence-corrected chi connectivity index (χ0v) is 23.0. The molecule has 8 nitrogen and oxygen atoms in total. The van der Waals surface area contributed by atoms with Crippen LogP contribution in [-0.2, 0) is 19.6 Å². The van der Waals surface area contributed by atoms with Gasteiger partial charge in [0.25, 0.3) is 10.0 Å². The van der Waals surface area contributed by atoms with Gasteiger partial charge in [-0.2, -0.15) is 4.31 Å². The predicted molar refractivity (Wildman–Crippen MR) is 145 cm³/mol. The standard InChI is InChI=1S/C24H29ClN4O4S3/c25-19-4-5-20-21(17-19)35-24(26-20)29(9-2-8-27-12-14-33-15-13-27)23(30)18-6-10-28(11-7-18)36(31,32)22-3-1-16-34-22/h1,3-5,16-18H,2,6-15H2. The van der Waals surface area contributed by atoms with Crippen LogP contribution in [0.5, 0.6) is 0 Å². The summed E-state index contributed by atoms with van der Waals surface area (Å²) in [5.41, 5.74) is 0.822. The van der Waals surface area contributed by atoms with Crippen LogP contribution in [0.2, 0.25) is 5.02 Å². The largest absolute Gasteiger partial charge is 0.379 e. The molecule has 0 unspecified atom stereocenters. The number of rotatable bonds is 8. The molecule has 0 radical (unpaired) electrons. The van der Waals surface area contributed by atoms with Gasteiger partial charge in [0, 0.05) is 50.2 Å². The van der Waals surface area contributed by atoms with Crippen molar-refractivity contribution in [3.05, 3.63) is 40.7 Å². The second-order valence-corrected chi connectivity index (χ2v) is 13.6. The van der Waals surface area contributed by atoms with Gasteiger partial charge in [-0.25, -0.2) is 13.4 Å². The first-order valence-corrected chi connectivity index (χ1v) is 15.6. The lowest BCUT2D eigenvalue weighted by Crippen LogP contribution is -2.45. The van der Waals surface area contributed by atoms with Gasteiger partial charge >= 0.3 is 0 Å². The summed E-state index contributed by atoms with van der Waals surface area (Å²) in [5, 5.41) is 3.08. The van der Waals surface area contributed by atoms with Crippen molar-refractivity contribution in [2.45, 2.75) is 23.5 Å². The molecule has 0 saturated carbocycles. The lowest BCUT2D eigenvalue weighted by molar-refractivity contribution is -0.123. The maximum absolute atomic E-state index is 13.8. The lowest BCUT2D eigenvalue weighted by Gasteiger charge is -2.33. The highest BCUT2D eigenvalue weighted by Gasteiger charge is 2.35. The molecule has 3 aromatic rings. The van der Waals surface area contributed by atoms with Crippen molar-refractivity contribution in [3.8, 4) is 0 Å². The molecule has 0 N–H and O–H groups in total. The first kappa shape index (κ1) is 26.0. The van der Waals surface area contributed by atoms with Crippen LogP contribution in [0, 0.1) is 5.92 Å². The molecule has 1 aromatic carbocycles. The number of sulfonamides is 1. The summed E-state index contributed by atoms with van der Waals surface area (Å²) in [6, 6.07) is 8.94. The SMILES string of the molecule is O=C(C1CCN(S(=O)(=O)c2cccs2)CC1)N(CCCN1CCOCC1)c1nc2ccc(Cl)cc2s1. The quantitative estimate of drug-likeness (QED) is 0.406. The average molecular weight is 569 g/mol. The number of benzene rings is 1. The lowest BCUT2D eigenvalue weighted by atomic mass is 9.96. The number of hydrogen-bond donors (Lipinski definition) is 0. The number of fused-ring (bicyclic) bond motifs is 1. The molecule has 2 aliphatic heterocycles. The van der Waals surface area contributed by atoms with Crippen molar-refractivity contribution >= 4 is 65.6 Å². The van der Waals surface area contributed by atoms with E-state index in [1.807, 2.05) is 23.1 Å². The Balaban J connectivity index is 1.29. The number of piperidine rings is 1. The Bertz CT molecular complexity index is 1280. The molecular weight excluding hydrogens is 540 g/mol. The number of thiazole rings is 1. The highest BCUT2D eigenvalue weighted by molar-refractivity contribution is 7.91. The molecule has 1 amide bonds. The van der Waals surface area contributed by atoms with E-state index in [4.69, 9.17) is 21.3 Å². The number of ether oxygens (including phenoxy) is 1. The number of carbonyl (C=O) groups is 1.